The van der Waals surface area contributed by atoms with Gasteiger partial charge in [-0.3, -0.25) is 14.3 Å². The highest BCUT2D eigenvalue weighted by Gasteiger charge is 2.36. The number of hydrogen-bond acceptors (Lipinski definition) is 4. The van der Waals surface area contributed by atoms with Gasteiger partial charge in [0.2, 0.25) is 0 Å². The minimum absolute atomic E-state index is 0.194. The van der Waals surface area contributed by atoms with E-state index in [4.69, 9.17) is 11.6 Å². The number of aliphatic hydroxyl groups excluding tert-OH is 1. The van der Waals surface area contributed by atoms with Crippen LogP contribution in [0.15, 0.2) is 48.5 Å². The van der Waals surface area contributed by atoms with Crippen LogP contribution in [0.1, 0.15) is 17.8 Å². The zero-order valence-corrected chi connectivity index (χ0v) is 13.5. The van der Waals surface area contributed by atoms with Crippen molar-refractivity contribution in [3.05, 3.63) is 65.2 Å². The second-order valence-electron chi connectivity index (χ2n) is 5.49. The average Bonchev–Trinajstić information content (AvgIpc) is 2.93. The predicted molar refractivity (Wildman–Crippen MR) is 89.7 cm³/mol. The maximum absolute atomic E-state index is 12.9. The highest BCUT2D eigenvalue weighted by atomic mass is 35.5. The second-order valence-corrected chi connectivity index (χ2v) is 5.92. The van der Waals surface area contributed by atoms with E-state index in [1.165, 1.54) is 4.90 Å². The Labute approximate surface area is 142 Å². The molecule has 7 heteroatoms. The zero-order valence-electron chi connectivity index (χ0n) is 12.7. The Morgan fingerprint density at radius 1 is 1.08 bits per heavy atom. The van der Waals surface area contributed by atoms with Crippen LogP contribution in [-0.4, -0.2) is 25.8 Å². The first-order valence-corrected chi connectivity index (χ1v) is 7.74. The van der Waals surface area contributed by atoms with Crippen LogP contribution < -0.4 is 4.90 Å². The summed E-state index contributed by atoms with van der Waals surface area (Å²) < 4.78 is 1.68. The van der Waals surface area contributed by atoms with Crippen molar-refractivity contribution >= 4 is 28.9 Å². The van der Waals surface area contributed by atoms with Gasteiger partial charge in [0.05, 0.1) is 11.4 Å². The molecule has 1 amide bonds. The van der Waals surface area contributed by atoms with Gasteiger partial charge in [0.25, 0.3) is 5.91 Å². The maximum Gasteiger partial charge on any atom is 0.268 e. The van der Waals surface area contributed by atoms with Crippen molar-refractivity contribution in [2.24, 2.45) is 0 Å². The topological polar surface area (TPSA) is 71.2 Å². The van der Waals surface area contributed by atoms with Gasteiger partial charge in [-0.1, -0.05) is 29.8 Å². The standard InChI is InChI=1S/C17H13ClN4O2/c1-10-19-20-16-15(23)17(24)22(12-5-3-2-4-6-12)14-9-11(18)7-8-13(14)21(10)16/h2-9,15,23H,1H3. The Bertz CT molecular complexity index is 939. The van der Waals surface area contributed by atoms with E-state index < -0.39 is 12.0 Å². The molecule has 6 nitrogen and oxygen atoms in total. The minimum atomic E-state index is -1.42. The van der Waals surface area contributed by atoms with Crippen LogP contribution in [-0.2, 0) is 4.79 Å². The molecule has 120 valence electrons. The van der Waals surface area contributed by atoms with E-state index in [2.05, 4.69) is 10.2 Å². The lowest BCUT2D eigenvalue weighted by Crippen LogP contribution is -2.30. The summed E-state index contributed by atoms with van der Waals surface area (Å²) in [6.07, 6.45) is -1.42. The lowest BCUT2D eigenvalue weighted by atomic mass is 10.2. The van der Waals surface area contributed by atoms with E-state index in [1.54, 1.807) is 41.8 Å². The zero-order chi connectivity index (χ0) is 16.8. The number of hydrogen-bond donors (Lipinski definition) is 1. The largest absolute Gasteiger partial charge is 0.376 e. The smallest absolute Gasteiger partial charge is 0.268 e. The summed E-state index contributed by atoms with van der Waals surface area (Å²) in [5.41, 5.74) is 1.89. The molecule has 1 atom stereocenters. The van der Waals surface area contributed by atoms with Gasteiger partial charge in [0, 0.05) is 10.7 Å². The van der Waals surface area contributed by atoms with E-state index in [0.717, 1.165) is 0 Å². The number of carbonyl (C=O) groups excluding carboxylic acids is 1. The number of amides is 1. The maximum atomic E-state index is 12.9. The van der Waals surface area contributed by atoms with Gasteiger partial charge < -0.3 is 5.11 Å². The first kappa shape index (κ1) is 14.9. The van der Waals surface area contributed by atoms with E-state index in [-0.39, 0.29) is 5.82 Å². The van der Waals surface area contributed by atoms with E-state index in [1.807, 2.05) is 18.2 Å². The van der Waals surface area contributed by atoms with Gasteiger partial charge in [0.15, 0.2) is 11.9 Å². The van der Waals surface area contributed by atoms with Crippen LogP contribution in [0.5, 0.6) is 0 Å². The SMILES string of the molecule is Cc1nnc2n1-c1ccc(Cl)cc1N(c1ccccc1)C(=O)C2O. The van der Waals surface area contributed by atoms with Gasteiger partial charge in [-0.2, -0.15) is 0 Å². The van der Waals surface area contributed by atoms with Crippen molar-refractivity contribution in [1.82, 2.24) is 14.8 Å². The fourth-order valence-corrected chi connectivity index (χ4v) is 3.08. The molecule has 0 saturated carbocycles. The van der Waals surface area contributed by atoms with Gasteiger partial charge in [-0.15, -0.1) is 10.2 Å². The molecule has 1 N–H and O–H groups in total. The molecular weight excluding hydrogens is 328 g/mol. The molecule has 0 fully saturated rings. The van der Waals surface area contributed by atoms with E-state index >= 15 is 0 Å². The number of fused-ring (bicyclic) bond motifs is 3. The summed E-state index contributed by atoms with van der Waals surface area (Å²) in [5, 5.41) is 19.0. The number of benzene rings is 2. The second kappa shape index (κ2) is 5.43. The quantitative estimate of drug-likeness (QED) is 0.739. The lowest BCUT2D eigenvalue weighted by Gasteiger charge is -2.24. The Kier molecular flexibility index (Phi) is 3.37. The van der Waals surface area contributed by atoms with Crippen LogP contribution in [0.4, 0.5) is 11.4 Å². The summed E-state index contributed by atoms with van der Waals surface area (Å²) in [6, 6.07) is 14.3. The van der Waals surface area contributed by atoms with Crippen LogP contribution in [0.25, 0.3) is 5.69 Å². The van der Waals surface area contributed by atoms with E-state index in [9.17, 15) is 9.90 Å². The van der Waals surface area contributed by atoms with Gasteiger partial charge >= 0.3 is 0 Å². The summed E-state index contributed by atoms with van der Waals surface area (Å²) in [7, 11) is 0. The summed E-state index contributed by atoms with van der Waals surface area (Å²) >= 11 is 6.17. The molecule has 0 aliphatic carbocycles. The third kappa shape index (κ3) is 2.11. The highest BCUT2D eigenvalue weighted by Crippen LogP contribution is 2.39. The Hall–Kier alpha value is -2.70. The number of para-hydroxylation sites is 1. The predicted octanol–water partition coefficient (Wildman–Crippen LogP) is 2.94. The van der Waals surface area contributed by atoms with Crippen molar-refractivity contribution in [3.8, 4) is 5.69 Å². The Morgan fingerprint density at radius 3 is 2.58 bits per heavy atom. The Morgan fingerprint density at radius 2 is 1.83 bits per heavy atom. The normalized spacial score (nSPS) is 16.5. The summed E-state index contributed by atoms with van der Waals surface area (Å²) in [6.45, 7) is 1.77. The molecule has 1 aliphatic rings. The molecule has 0 spiro atoms. The summed E-state index contributed by atoms with van der Waals surface area (Å²) in [4.78, 5) is 14.4. The molecule has 0 bridgehead atoms. The number of aromatic nitrogens is 3. The number of nitrogens with zero attached hydrogens (tertiary/aromatic N) is 4. The molecule has 1 aromatic heterocycles. The van der Waals surface area contributed by atoms with Crippen LogP contribution in [0, 0.1) is 6.92 Å². The molecule has 2 aromatic carbocycles. The monoisotopic (exact) mass is 340 g/mol. The molecule has 0 saturated heterocycles. The number of halogens is 1. The molecule has 0 radical (unpaired) electrons. The molecule has 24 heavy (non-hydrogen) atoms. The van der Waals surface area contributed by atoms with Crippen molar-refractivity contribution in [1.29, 1.82) is 0 Å². The number of anilines is 2. The number of aliphatic hydroxyl groups is 1. The highest BCUT2D eigenvalue weighted by molar-refractivity contribution is 6.31. The lowest BCUT2D eigenvalue weighted by molar-refractivity contribution is -0.126. The first-order chi connectivity index (χ1) is 11.6. The average molecular weight is 341 g/mol. The van der Waals surface area contributed by atoms with Gasteiger partial charge in [0.1, 0.15) is 5.82 Å². The first-order valence-electron chi connectivity index (χ1n) is 7.37. The summed E-state index contributed by atoms with van der Waals surface area (Å²) in [5.74, 6) is 0.269. The van der Waals surface area contributed by atoms with Crippen molar-refractivity contribution < 1.29 is 9.90 Å². The number of carbonyl (C=O) groups is 1. The fraction of sp³-hybridized carbons (Fsp3) is 0.118. The number of rotatable bonds is 1. The minimum Gasteiger partial charge on any atom is -0.376 e. The van der Waals surface area contributed by atoms with Crippen LogP contribution >= 0.6 is 11.6 Å². The molecular formula is C17H13ClN4O2. The third-order valence-electron chi connectivity index (χ3n) is 3.98. The molecule has 2 heterocycles. The van der Waals surface area contributed by atoms with Crippen molar-refractivity contribution in [2.75, 3.05) is 4.90 Å². The van der Waals surface area contributed by atoms with E-state index in [0.29, 0.717) is 27.9 Å². The molecule has 1 aliphatic heterocycles. The molecule has 1 unspecified atom stereocenters. The number of aryl methyl sites for hydroxylation is 1. The van der Waals surface area contributed by atoms with Crippen LogP contribution in [0.3, 0.4) is 0 Å². The van der Waals surface area contributed by atoms with Crippen molar-refractivity contribution in [3.63, 3.8) is 0 Å². The third-order valence-corrected chi connectivity index (χ3v) is 4.22. The van der Waals surface area contributed by atoms with Crippen molar-refractivity contribution in [2.45, 2.75) is 13.0 Å². The fourth-order valence-electron chi connectivity index (χ4n) is 2.91. The van der Waals surface area contributed by atoms with Gasteiger partial charge in [-0.25, -0.2) is 0 Å². The van der Waals surface area contributed by atoms with Gasteiger partial charge in [-0.05, 0) is 37.3 Å². The molecule has 3 aromatic rings. The van der Waals surface area contributed by atoms with Crippen LogP contribution in [0.2, 0.25) is 5.02 Å². The molecule has 4 rings (SSSR count). The Balaban J connectivity index is 2.06.